The van der Waals surface area contributed by atoms with E-state index in [4.69, 9.17) is 8.83 Å². The van der Waals surface area contributed by atoms with E-state index < -0.39 is 5.54 Å². The minimum atomic E-state index is -0.847. The molecule has 1 atom stereocenters. The first kappa shape index (κ1) is 46.2. The Kier molecular flexibility index (Phi) is 10.2. The van der Waals surface area contributed by atoms with Crippen molar-refractivity contribution in [3.05, 3.63) is 234 Å². The molecule has 0 N–H and O–H groups in total. The number of rotatable bonds is 9. The molecule has 1 aliphatic carbocycles. The summed E-state index contributed by atoms with van der Waals surface area (Å²) >= 11 is 0. The standard InChI is InChI=1S/C72H51N5O2/c1-43(47-33-32-46(39-47)42-74)38-55(48-19-17-18-45(40-48)41-73)71(76-57-27-12-8-23-52(57)67-61(76)35-37-65-69(67)54-25-10-16-31-63(54)79-65)70(72(3,4)77-58-28-13-5-20-49(58)50-21-6-14-29-59(50)77)44(2)75-56-26-11-7-22-51(56)66-60(75)34-36-64-68(66)53-24-9-15-30-62(53)78-64/h5-32,34-37,39-40,43H,33,38H2,1-4H3/b70-44-,71-55-/t43-/m1/s1. The number of nitriles is 2. The Morgan fingerprint density at radius 3 is 1.58 bits per heavy atom. The van der Waals surface area contributed by atoms with E-state index in [2.05, 4.69) is 229 Å². The van der Waals surface area contributed by atoms with Gasteiger partial charge in [0.25, 0.3) is 0 Å². The van der Waals surface area contributed by atoms with Crippen molar-refractivity contribution in [2.75, 3.05) is 0 Å². The third-order valence-electron chi connectivity index (χ3n) is 17.1. The Hall–Kier alpha value is -10.1. The van der Waals surface area contributed by atoms with Crippen LogP contribution >= 0.6 is 0 Å². The maximum Gasteiger partial charge on any atom is 0.136 e. The molecule has 0 bridgehead atoms. The average Bonchev–Trinajstić information content (AvgIpc) is 4.51. The largest absolute Gasteiger partial charge is 0.456 e. The van der Waals surface area contributed by atoms with E-state index in [0.717, 1.165) is 127 Å². The van der Waals surface area contributed by atoms with Gasteiger partial charge in [-0.15, -0.1) is 0 Å². The summed E-state index contributed by atoms with van der Waals surface area (Å²) in [5.41, 5.74) is 16.6. The van der Waals surface area contributed by atoms with Crippen LogP contribution < -0.4 is 0 Å². The predicted octanol–water partition coefficient (Wildman–Crippen LogP) is 19.2. The van der Waals surface area contributed by atoms with Crippen molar-refractivity contribution in [3.8, 4) is 12.1 Å². The molecule has 0 radical (unpaired) electrons. The molecule has 0 fully saturated rings. The maximum absolute atomic E-state index is 10.8. The highest BCUT2D eigenvalue weighted by atomic mass is 16.3. The van der Waals surface area contributed by atoms with Gasteiger partial charge in [0.15, 0.2) is 0 Å². The van der Waals surface area contributed by atoms with Crippen molar-refractivity contribution in [3.63, 3.8) is 0 Å². The zero-order chi connectivity index (χ0) is 53.3. The lowest BCUT2D eigenvalue weighted by atomic mass is 9.81. The predicted molar refractivity (Wildman–Crippen MR) is 326 cm³/mol. The minimum Gasteiger partial charge on any atom is -0.456 e. The van der Waals surface area contributed by atoms with Crippen LogP contribution in [0.5, 0.6) is 0 Å². The summed E-state index contributed by atoms with van der Waals surface area (Å²) in [5, 5.41) is 32.1. The summed E-state index contributed by atoms with van der Waals surface area (Å²) in [4.78, 5) is 0. The Morgan fingerprint density at radius 1 is 0.519 bits per heavy atom. The molecule has 79 heavy (non-hydrogen) atoms. The number of hydrogen-bond donors (Lipinski definition) is 0. The smallest absolute Gasteiger partial charge is 0.136 e. The highest BCUT2D eigenvalue weighted by molar-refractivity contribution is 6.30. The van der Waals surface area contributed by atoms with Crippen LogP contribution in [0.3, 0.4) is 0 Å². The molecule has 7 nitrogen and oxygen atoms in total. The number of allylic oxidation sites excluding steroid dienone is 8. The topological polar surface area (TPSA) is 88.7 Å². The fourth-order valence-electron chi connectivity index (χ4n) is 13.7. The van der Waals surface area contributed by atoms with Crippen molar-refractivity contribution in [1.82, 2.24) is 13.7 Å². The van der Waals surface area contributed by atoms with Crippen LogP contribution in [0, 0.1) is 28.6 Å². The zero-order valence-corrected chi connectivity index (χ0v) is 44.2. The molecule has 9 aromatic carbocycles. The molecular formula is C72H51N5O2. The first-order valence-electron chi connectivity index (χ1n) is 27.1. The molecule has 0 amide bonds. The fraction of sp³-hybridized carbons (Fsp3) is 0.111. The van der Waals surface area contributed by atoms with Crippen LogP contribution in [0.1, 0.15) is 51.7 Å². The van der Waals surface area contributed by atoms with E-state index in [1.54, 1.807) is 0 Å². The summed E-state index contributed by atoms with van der Waals surface area (Å²) in [7, 11) is 0. The fourth-order valence-corrected chi connectivity index (χ4v) is 13.7. The summed E-state index contributed by atoms with van der Waals surface area (Å²) in [6.07, 6.45) is 5.40. The van der Waals surface area contributed by atoms with E-state index >= 15 is 0 Å². The number of hydrogen-bond acceptors (Lipinski definition) is 4. The molecule has 15 rings (SSSR count). The maximum atomic E-state index is 10.8. The Morgan fingerprint density at radius 2 is 1.03 bits per heavy atom. The molecule has 0 saturated carbocycles. The molecule has 5 aromatic heterocycles. The molecule has 376 valence electrons. The number of benzene rings is 9. The molecule has 5 heterocycles. The van der Waals surface area contributed by atoms with E-state index in [0.29, 0.717) is 24.0 Å². The Bertz CT molecular complexity index is 5120. The second-order valence-corrected chi connectivity index (χ2v) is 21.8. The van der Waals surface area contributed by atoms with Gasteiger partial charge in [0.1, 0.15) is 22.3 Å². The minimum absolute atomic E-state index is 0.00995. The summed E-state index contributed by atoms with van der Waals surface area (Å²) < 4.78 is 20.9. The molecule has 0 unspecified atom stereocenters. The van der Waals surface area contributed by atoms with Gasteiger partial charge < -0.3 is 22.5 Å². The first-order valence-corrected chi connectivity index (χ1v) is 27.1. The van der Waals surface area contributed by atoms with E-state index in [1.165, 1.54) is 16.3 Å². The molecule has 1 aliphatic rings. The zero-order valence-electron chi connectivity index (χ0n) is 44.2. The van der Waals surface area contributed by atoms with Gasteiger partial charge >= 0.3 is 0 Å². The molecule has 14 aromatic rings. The van der Waals surface area contributed by atoms with Gasteiger partial charge in [-0.1, -0.05) is 140 Å². The van der Waals surface area contributed by atoms with Crippen LogP contribution in [-0.4, -0.2) is 13.7 Å². The number of nitrogens with zero attached hydrogens (tertiary/aromatic N) is 5. The number of para-hydroxylation sites is 6. The first-order chi connectivity index (χ1) is 38.7. The molecule has 0 saturated heterocycles. The van der Waals surface area contributed by atoms with Crippen LogP contribution in [0.2, 0.25) is 0 Å². The van der Waals surface area contributed by atoms with E-state index in [9.17, 15) is 10.5 Å². The lowest BCUT2D eigenvalue weighted by Crippen LogP contribution is -2.32. The third-order valence-corrected chi connectivity index (χ3v) is 17.1. The van der Waals surface area contributed by atoms with Crippen molar-refractivity contribution in [1.29, 1.82) is 10.5 Å². The van der Waals surface area contributed by atoms with E-state index in [-0.39, 0.29) is 5.92 Å². The Labute approximate surface area is 455 Å². The van der Waals surface area contributed by atoms with Crippen LogP contribution in [0.4, 0.5) is 0 Å². The normalized spacial score (nSPS) is 14.3. The van der Waals surface area contributed by atoms with Crippen LogP contribution in [0.25, 0.3) is 126 Å². The van der Waals surface area contributed by atoms with Crippen molar-refractivity contribution in [2.45, 2.75) is 46.1 Å². The van der Waals surface area contributed by atoms with Gasteiger partial charge in [-0.3, -0.25) is 0 Å². The second-order valence-electron chi connectivity index (χ2n) is 21.8. The number of furan rings is 2. The van der Waals surface area contributed by atoms with Crippen molar-refractivity contribution in [2.24, 2.45) is 5.92 Å². The Balaban J connectivity index is 1.19. The molecule has 0 spiro atoms. The van der Waals surface area contributed by atoms with Gasteiger partial charge in [0.2, 0.25) is 0 Å². The van der Waals surface area contributed by atoms with Crippen molar-refractivity contribution < 1.29 is 8.83 Å². The van der Waals surface area contributed by atoms with Gasteiger partial charge in [0, 0.05) is 81.7 Å². The van der Waals surface area contributed by atoms with Gasteiger partial charge in [0.05, 0.1) is 51.0 Å². The van der Waals surface area contributed by atoms with Crippen LogP contribution in [0.15, 0.2) is 232 Å². The quantitative estimate of drug-likeness (QED) is 0.135. The van der Waals surface area contributed by atoms with Gasteiger partial charge in [-0.25, -0.2) is 0 Å². The highest BCUT2D eigenvalue weighted by Gasteiger charge is 2.38. The average molecular weight is 1020 g/mol. The van der Waals surface area contributed by atoms with Gasteiger partial charge in [-0.2, -0.15) is 10.5 Å². The SMILES string of the molecule is C/C(=C(\C(=C(/C[C@@H](C)C1=CC(C#N)=CC1)c1cccc(C#N)c1)n1c2ccccc2c2c3c(ccc21)oc1ccccc13)C(C)(C)n1c2ccccc2c2ccccc21)n1c2ccccc2c2c3c(ccc21)oc1ccccc13. The second kappa shape index (κ2) is 17.5. The van der Waals surface area contributed by atoms with Crippen molar-refractivity contribution >= 4 is 126 Å². The highest BCUT2D eigenvalue weighted by Crippen LogP contribution is 2.52. The molecular weight excluding hydrogens is 967 g/mol. The number of aromatic nitrogens is 3. The lowest BCUT2D eigenvalue weighted by Gasteiger charge is -2.38. The van der Waals surface area contributed by atoms with Gasteiger partial charge in [-0.05, 0) is 130 Å². The monoisotopic (exact) mass is 1020 g/mol. The third kappa shape index (κ3) is 6.76. The molecule has 7 heteroatoms. The lowest BCUT2D eigenvalue weighted by molar-refractivity contribution is 0.463. The summed E-state index contributed by atoms with van der Waals surface area (Å²) in [6.45, 7) is 9.40. The van der Waals surface area contributed by atoms with E-state index in [1.807, 2.05) is 30.3 Å². The summed E-state index contributed by atoms with van der Waals surface area (Å²) in [6, 6.07) is 73.9. The molecule has 0 aliphatic heterocycles. The number of fused-ring (bicyclic) bond motifs is 17. The summed E-state index contributed by atoms with van der Waals surface area (Å²) in [5.74, 6) is -0.00995. The van der Waals surface area contributed by atoms with Crippen LogP contribution in [-0.2, 0) is 5.54 Å².